The fourth-order valence-corrected chi connectivity index (χ4v) is 3.15. The van der Waals surface area contributed by atoms with E-state index in [1.807, 2.05) is 11.0 Å². The summed E-state index contributed by atoms with van der Waals surface area (Å²) in [5.41, 5.74) is 0.937. The van der Waals surface area contributed by atoms with Gasteiger partial charge in [-0.2, -0.15) is 0 Å². The minimum Gasteiger partial charge on any atom is -0.495 e. The topological polar surface area (TPSA) is 54.0 Å². The first-order chi connectivity index (χ1) is 12.1. The van der Waals surface area contributed by atoms with Crippen LogP contribution in [0, 0.1) is 0 Å². The summed E-state index contributed by atoms with van der Waals surface area (Å²) in [6.07, 6.45) is 3.33. The lowest BCUT2D eigenvalue weighted by molar-refractivity contribution is 0.194. The highest BCUT2D eigenvalue weighted by molar-refractivity contribution is 6.32. The highest BCUT2D eigenvalue weighted by atomic mass is 35.5. The number of carbonyl (C=O) groups is 1. The molecule has 0 aliphatic carbocycles. The summed E-state index contributed by atoms with van der Waals surface area (Å²) in [5.74, 6) is 1.33. The van der Waals surface area contributed by atoms with Crippen LogP contribution in [-0.2, 0) is 0 Å². The van der Waals surface area contributed by atoms with Crippen LogP contribution < -0.4 is 19.7 Å². The van der Waals surface area contributed by atoms with Gasteiger partial charge >= 0.3 is 6.03 Å². The van der Waals surface area contributed by atoms with Crippen molar-refractivity contribution in [1.82, 2.24) is 10.2 Å². The van der Waals surface area contributed by atoms with E-state index in [1.165, 1.54) is 0 Å². The van der Waals surface area contributed by atoms with Crippen LogP contribution in [0.2, 0.25) is 5.02 Å². The van der Waals surface area contributed by atoms with Crippen LogP contribution in [0.25, 0.3) is 0 Å². The number of carbonyl (C=O) groups excluding carboxylic acids is 1. The van der Waals surface area contributed by atoms with E-state index in [-0.39, 0.29) is 6.03 Å². The van der Waals surface area contributed by atoms with E-state index in [4.69, 9.17) is 21.1 Å². The van der Waals surface area contributed by atoms with Crippen molar-refractivity contribution in [3.8, 4) is 11.5 Å². The molecule has 0 unspecified atom stereocenters. The summed E-state index contributed by atoms with van der Waals surface area (Å²) in [7, 11) is 3.22. The van der Waals surface area contributed by atoms with E-state index in [2.05, 4.69) is 17.1 Å². The van der Waals surface area contributed by atoms with E-state index in [1.54, 1.807) is 20.3 Å². The number of anilines is 1. The van der Waals surface area contributed by atoms with E-state index in [0.717, 1.165) is 44.6 Å². The molecule has 0 bridgehead atoms. The average molecular weight is 370 g/mol. The maximum atomic E-state index is 12.2. The number of hydrogen-bond donors (Lipinski definition) is 1. The summed E-state index contributed by atoms with van der Waals surface area (Å²) in [5, 5.41) is 3.52. The van der Waals surface area contributed by atoms with Crippen molar-refractivity contribution in [3.63, 3.8) is 0 Å². The standard InChI is InChI=1S/C18H28ClN3O3/c1-4-5-6-7-20-18(23)22-10-8-21(9-11-22)15-13-16(24-2)14(19)12-17(15)25-3/h12-13H,4-11H2,1-3H3,(H,20,23). The fraction of sp³-hybridized carbons (Fsp3) is 0.611. The quantitative estimate of drug-likeness (QED) is 0.748. The molecule has 6 nitrogen and oxygen atoms in total. The van der Waals surface area contributed by atoms with Gasteiger partial charge in [0.25, 0.3) is 0 Å². The molecule has 1 N–H and O–H groups in total. The molecule has 1 saturated heterocycles. The number of hydrogen-bond acceptors (Lipinski definition) is 4. The van der Waals surface area contributed by atoms with Gasteiger partial charge in [0.2, 0.25) is 0 Å². The first kappa shape index (κ1) is 19.5. The van der Waals surface area contributed by atoms with Crippen molar-refractivity contribution in [2.75, 3.05) is 51.8 Å². The molecular formula is C18H28ClN3O3. The normalized spacial score (nSPS) is 14.4. The van der Waals surface area contributed by atoms with E-state index in [9.17, 15) is 4.79 Å². The molecule has 1 aliphatic heterocycles. The molecule has 25 heavy (non-hydrogen) atoms. The molecule has 1 fully saturated rings. The lowest BCUT2D eigenvalue weighted by Gasteiger charge is -2.36. The van der Waals surface area contributed by atoms with Crippen LogP contribution in [0.3, 0.4) is 0 Å². The molecule has 0 spiro atoms. The number of rotatable bonds is 7. The molecule has 1 aromatic rings. The summed E-state index contributed by atoms with van der Waals surface area (Å²) in [6.45, 7) is 5.73. The maximum Gasteiger partial charge on any atom is 0.317 e. The number of nitrogens with one attached hydrogen (secondary N) is 1. The molecule has 2 rings (SSSR count). The third-order valence-corrected chi connectivity index (χ3v) is 4.71. The van der Waals surface area contributed by atoms with Crippen molar-refractivity contribution in [2.45, 2.75) is 26.2 Å². The molecule has 0 aromatic heterocycles. The Labute approximate surface area is 155 Å². The molecular weight excluding hydrogens is 342 g/mol. The van der Waals surface area contributed by atoms with Gasteiger partial charge in [0, 0.05) is 44.9 Å². The number of piperazine rings is 1. The fourth-order valence-electron chi connectivity index (χ4n) is 2.92. The Bertz CT molecular complexity index is 575. The Morgan fingerprint density at radius 1 is 1.12 bits per heavy atom. The van der Waals surface area contributed by atoms with Gasteiger partial charge in [-0.15, -0.1) is 0 Å². The minimum atomic E-state index is 0.0244. The lowest BCUT2D eigenvalue weighted by Crippen LogP contribution is -2.52. The second-order valence-electron chi connectivity index (χ2n) is 6.07. The van der Waals surface area contributed by atoms with E-state index in [0.29, 0.717) is 29.6 Å². The zero-order valence-electron chi connectivity index (χ0n) is 15.3. The van der Waals surface area contributed by atoms with Crippen molar-refractivity contribution in [2.24, 2.45) is 0 Å². The molecule has 1 heterocycles. The van der Waals surface area contributed by atoms with Gasteiger partial charge < -0.3 is 24.6 Å². The van der Waals surface area contributed by atoms with Crippen LogP contribution in [0.15, 0.2) is 12.1 Å². The zero-order valence-corrected chi connectivity index (χ0v) is 16.1. The minimum absolute atomic E-state index is 0.0244. The first-order valence-corrected chi connectivity index (χ1v) is 9.17. The molecule has 0 saturated carbocycles. The van der Waals surface area contributed by atoms with Gasteiger partial charge in [0.1, 0.15) is 11.5 Å². The number of unbranched alkanes of at least 4 members (excludes halogenated alkanes) is 2. The zero-order chi connectivity index (χ0) is 18.2. The van der Waals surface area contributed by atoms with Crippen LogP contribution in [0.5, 0.6) is 11.5 Å². The predicted octanol–water partition coefficient (Wildman–Crippen LogP) is 3.38. The van der Waals surface area contributed by atoms with E-state index < -0.39 is 0 Å². The molecule has 7 heteroatoms. The van der Waals surface area contributed by atoms with Crippen molar-refractivity contribution >= 4 is 23.3 Å². The first-order valence-electron chi connectivity index (χ1n) is 8.80. The SMILES string of the molecule is CCCCCNC(=O)N1CCN(c2cc(OC)c(Cl)cc2OC)CC1. The monoisotopic (exact) mass is 369 g/mol. The Hall–Kier alpha value is -1.82. The Morgan fingerprint density at radius 2 is 1.80 bits per heavy atom. The highest BCUT2D eigenvalue weighted by Crippen LogP contribution is 2.38. The number of nitrogens with zero attached hydrogens (tertiary/aromatic N) is 2. The second kappa shape index (κ2) is 9.61. The van der Waals surface area contributed by atoms with Gasteiger partial charge in [0.15, 0.2) is 0 Å². The van der Waals surface area contributed by atoms with Gasteiger partial charge in [-0.3, -0.25) is 0 Å². The second-order valence-corrected chi connectivity index (χ2v) is 6.48. The number of urea groups is 1. The molecule has 140 valence electrons. The van der Waals surface area contributed by atoms with Gasteiger partial charge in [-0.1, -0.05) is 31.4 Å². The molecule has 0 radical (unpaired) electrons. The summed E-state index contributed by atoms with van der Waals surface area (Å²) >= 11 is 6.17. The van der Waals surface area contributed by atoms with Gasteiger partial charge in [0.05, 0.1) is 24.9 Å². The Kier molecular flexibility index (Phi) is 7.50. The van der Waals surface area contributed by atoms with E-state index >= 15 is 0 Å². The van der Waals surface area contributed by atoms with Crippen molar-refractivity contribution in [1.29, 1.82) is 0 Å². The van der Waals surface area contributed by atoms with Crippen LogP contribution in [0.4, 0.5) is 10.5 Å². The maximum absolute atomic E-state index is 12.2. The van der Waals surface area contributed by atoms with Gasteiger partial charge in [-0.25, -0.2) is 4.79 Å². The average Bonchev–Trinajstić information content (AvgIpc) is 2.65. The Morgan fingerprint density at radius 3 is 2.40 bits per heavy atom. The molecule has 2 amide bonds. The van der Waals surface area contributed by atoms with Crippen molar-refractivity contribution in [3.05, 3.63) is 17.2 Å². The third kappa shape index (κ3) is 5.08. The molecule has 1 aromatic carbocycles. The van der Waals surface area contributed by atoms with Crippen molar-refractivity contribution < 1.29 is 14.3 Å². The number of halogens is 1. The number of benzene rings is 1. The number of ether oxygens (including phenoxy) is 2. The summed E-state index contributed by atoms with van der Waals surface area (Å²) in [6, 6.07) is 3.68. The van der Waals surface area contributed by atoms with Crippen LogP contribution in [-0.4, -0.2) is 57.9 Å². The van der Waals surface area contributed by atoms with Crippen LogP contribution >= 0.6 is 11.6 Å². The molecule has 1 aliphatic rings. The Balaban J connectivity index is 1.94. The summed E-state index contributed by atoms with van der Waals surface area (Å²) < 4.78 is 10.8. The highest BCUT2D eigenvalue weighted by Gasteiger charge is 2.23. The van der Waals surface area contributed by atoms with Gasteiger partial charge in [-0.05, 0) is 6.42 Å². The summed E-state index contributed by atoms with van der Waals surface area (Å²) in [4.78, 5) is 16.3. The predicted molar refractivity (Wildman–Crippen MR) is 101 cm³/mol. The lowest BCUT2D eigenvalue weighted by atomic mass is 10.2. The number of methoxy groups -OCH3 is 2. The number of amides is 2. The van der Waals surface area contributed by atoms with Crippen LogP contribution in [0.1, 0.15) is 26.2 Å². The third-order valence-electron chi connectivity index (χ3n) is 4.42. The molecule has 0 atom stereocenters. The smallest absolute Gasteiger partial charge is 0.317 e. The largest absolute Gasteiger partial charge is 0.495 e.